The Hall–Kier alpha value is -5.23. The number of allylic oxidation sites excluding steroid dienone is 3. The predicted molar refractivity (Wildman–Crippen MR) is 232 cm³/mol. The zero-order chi connectivity index (χ0) is 45.6. The minimum absolute atomic E-state index is 0.0370. The molecule has 63 heavy (non-hydrogen) atoms. The first-order valence-electron chi connectivity index (χ1n) is 21.3. The first-order valence-corrected chi connectivity index (χ1v) is 21.7. The third-order valence-electron chi connectivity index (χ3n) is 11.8. The van der Waals surface area contributed by atoms with Crippen LogP contribution in [0.3, 0.4) is 0 Å². The van der Waals surface area contributed by atoms with Crippen molar-refractivity contribution < 1.29 is 41.1 Å². The van der Waals surface area contributed by atoms with Gasteiger partial charge in [0.25, 0.3) is 5.88 Å². The van der Waals surface area contributed by atoms with Crippen molar-refractivity contribution in [1.29, 1.82) is 0 Å². The highest BCUT2D eigenvalue weighted by atomic mass is 35.5. The topological polar surface area (TPSA) is 156 Å². The Morgan fingerprint density at radius 2 is 1.83 bits per heavy atom. The van der Waals surface area contributed by atoms with Crippen molar-refractivity contribution in [2.45, 2.75) is 84.5 Å². The van der Waals surface area contributed by atoms with Crippen LogP contribution in [0.4, 0.5) is 23.4 Å². The summed E-state index contributed by atoms with van der Waals surface area (Å²) < 4.78 is 72.6. The number of fused-ring (bicyclic) bond motifs is 1. The second-order valence-electron chi connectivity index (χ2n) is 16.9. The lowest BCUT2D eigenvalue weighted by Crippen LogP contribution is -2.53. The highest BCUT2D eigenvalue weighted by molar-refractivity contribution is 6.34. The molecule has 0 aliphatic carbocycles. The molecule has 19 heteroatoms. The summed E-state index contributed by atoms with van der Waals surface area (Å²) in [4.78, 5) is 46.8. The van der Waals surface area contributed by atoms with Crippen LogP contribution in [-0.4, -0.2) is 125 Å². The largest absolute Gasteiger partial charge is 0.475 e. The molecular formula is C44H56ClF4N9O5. The monoisotopic (exact) mass is 901 g/mol. The molecular weight excluding hydrogens is 846 g/mol. The molecule has 0 spiro atoms. The highest BCUT2D eigenvalue weighted by Gasteiger charge is 2.36. The van der Waals surface area contributed by atoms with Crippen molar-refractivity contribution in [2.75, 3.05) is 63.9 Å². The number of piperidine rings is 1. The number of nitrogens with two attached hydrogens (primary N) is 1. The Bertz CT molecular complexity index is 2220. The molecule has 3 aliphatic rings. The summed E-state index contributed by atoms with van der Waals surface area (Å²) in [7, 11) is 0. The molecule has 2 unspecified atom stereocenters. The number of carbonyl (C=O) groups excluding carboxylic acids is 2. The molecule has 0 radical (unpaired) electrons. The van der Waals surface area contributed by atoms with Crippen molar-refractivity contribution in [3.8, 4) is 11.9 Å². The van der Waals surface area contributed by atoms with Crippen LogP contribution in [0, 0.1) is 17.7 Å². The average molecular weight is 902 g/mol. The second-order valence-corrected chi connectivity index (χ2v) is 17.3. The van der Waals surface area contributed by atoms with Crippen molar-refractivity contribution in [1.82, 2.24) is 29.8 Å². The van der Waals surface area contributed by atoms with E-state index in [-0.39, 0.29) is 81.9 Å². The lowest BCUT2D eigenvalue weighted by atomic mass is 9.91. The Balaban J connectivity index is 1.11. The van der Waals surface area contributed by atoms with Gasteiger partial charge in [0, 0.05) is 74.1 Å². The van der Waals surface area contributed by atoms with Crippen LogP contribution in [0.15, 0.2) is 57.8 Å². The van der Waals surface area contributed by atoms with E-state index in [4.69, 9.17) is 36.3 Å². The fraction of sp³-hybridized carbons (Fsp3) is 0.545. The molecule has 3 saturated heterocycles. The van der Waals surface area contributed by atoms with Gasteiger partial charge in [0.1, 0.15) is 29.7 Å². The molecule has 14 nitrogen and oxygen atoms in total. The number of nitrogens with zero attached hydrogens (tertiary/aromatic N) is 8. The molecule has 342 valence electrons. The molecule has 2 aromatic heterocycles. The smallest absolute Gasteiger partial charge is 0.410 e. The van der Waals surface area contributed by atoms with Crippen LogP contribution < -0.4 is 20.1 Å². The molecule has 3 aromatic rings. The Morgan fingerprint density at radius 3 is 2.48 bits per heavy atom. The number of ether oxygens (including phenoxy) is 2. The minimum Gasteiger partial charge on any atom is -0.475 e. The van der Waals surface area contributed by atoms with Crippen LogP contribution in [0.2, 0.25) is 5.02 Å². The normalized spacial score (nSPS) is 20.3. The summed E-state index contributed by atoms with van der Waals surface area (Å²) >= 11 is 6.59. The predicted octanol–water partition coefficient (Wildman–Crippen LogP) is 7.28. The zero-order valence-electron chi connectivity index (χ0n) is 36.3. The summed E-state index contributed by atoms with van der Waals surface area (Å²) in [6, 6.07) is 3.14. The molecule has 6 rings (SSSR count). The number of alkyl halides is 3. The van der Waals surface area contributed by atoms with Gasteiger partial charge in [0.2, 0.25) is 11.8 Å². The van der Waals surface area contributed by atoms with Crippen LogP contribution >= 0.6 is 11.6 Å². The van der Waals surface area contributed by atoms with E-state index in [1.165, 1.54) is 19.1 Å². The van der Waals surface area contributed by atoms with Gasteiger partial charge in [-0.15, -0.1) is 0 Å². The van der Waals surface area contributed by atoms with Gasteiger partial charge in [-0.1, -0.05) is 32.0 Å². The molecule has 2 amide bonds. The van der Waals surface area contributed by atoms with Gasteiger partial charge >= 0.3 is 12.2 Å². The van der Waals surface area contributed by atoms with Crippen LogP contribution in [0.5, 0.6) is 11.9 Å². The van der Waals surface area contributed by atoms with Gasteiger partial charge in [-0.3, -0.25) is 14.5 Å². The number of halogens is 5. The number of benzene rings is 1. The first-order chi connectivity index (χ1) is 29.9. The number of hydrogen-bond donors (Lipinski definition) is 1. The second kappa shape index (κ2) is 20.5. The third-order valence-corrected chi connectivity index (χ3v) is 12.1. The fourth-order valence-electron chi connectivity index (χ4n) is 8.39. The maximum absolute atomic E-state index is 16.4. The number of likely N-dealkylation sites (tertiary alicyclic amines) is 2. The lowest BCUT2D eigenvalue weighted by molar-refractivity contribution is -0.135. The maximum Gasteiger partial charge on any atom is 0.410 e. The summed E-state index contributed by atoms with van der Waals surface area (Å²) in [6.45, 7) is 17.4. The van der Waals surface area contributed by atoms with Gasteiger partial charge in [0.15, 0.2) is 11.6 Å². The van der Waals surface area contributed by atoms with Crippen molar-refractivity contribution in [2.24, 2.45) is 22.6 Å². The van der Waals surface area contributed by atoms with Gasteiger partial charge in [-0.05, 0) is 100 Å². The lowest BCUT2D eigenvalue weighted by Gasteiger charge is -2.40. The van der Waals surface area contributed by atoms with Gasteiger partial charge < -0.3 is 34.4 Å². The number of hydrogen-bond acceptors (Lipinski definition) is 12. The molecule has 0 saturated carbocycles. The quantitative estimate of drug-likeness (QED) is 0.0708. The van der Waals surface area contributed by atoms with E-state index < -0.39 is 17.9 Å². The number of aliphatic imine (C=N–C) groups is 1. The first kappa shape index (κ1) is 47.3. The molecule has 3 fully saturated rings. The van der Waals surface area contributed by atoms with Crippen LogP contribution in [-0.2, 0) is 9.59 Å². The van der Waals surface area contributed by atoms with E-state index in [1.807, 2.05) is 30.6 Å². The zero-order valence-corrected chi connectivity index (χ0v) is 37.1. The number of amides is 2. The summed E-state index contributed by atoms with van der Waals surface area (Å²) in [5.41, 5.74) is 5.36. The molecule has 3 aliphatic heterocycles. The van der Waals surface area contributed by atoms with E-state index in [0.29, 0.717) is 55.6 Å². The van der Waals surface area contributed by atoms with E-state index >= 15 is 4.39 Å². The van der Waals surface area contributed by atoms with E-state index in [0.717, 1.165) is 57.6 Å². The molecule has 2 N–H and O–H groups in total. The number of anilines is 1. The standard InChI is InChI=1S/C44H56ClF4N9O5/c1-7-37(59)56-15-16-57(29(6)24-56)41-31-20-33(45)32(23-51-35(50)19-27(4)22-44(47,48)49)39(46)40(31)52-43(53-41)61-18-17-55-13-10-30(11-14-55)25-62-36-21-34(63-54-36)38(26(2)3)42(60)58-12-8-9-28(58)5/h7,19-23,26,28-30,38H,1,8-18,24-25,50H2,2-6H3/b27-22+,35-19-,51-23?/t28?,29-,38?/m0/s1. The Kier molecular flexibility index (Phi) is 15.4. The summed E-state index contributed by atoms with van der Waals surface area (Å²) in [6.07, 6.45) is 2.57. The van der Waals surface area contributed by atoms with Crippen LogP contribution in [0.25, 0.3) is 10.9 Å². The molecule has 5 heterocycles. The van der Waals surface area contributed by atoms with Gasteiger partial charge in [0.05, 0.1) is 11.6 Å². The SMILES string of the molecule is C=CC(=O)N1CCN(c2nc(OCCN3CCC(COc4cc(C(C(=O)N5CCCC5C)C(C)C)on4)CC3)nc3c(F)c(C=N/C(N)=C\C(C)=C\C(F)(F)F)c(Cl)cc23)[C@@H](C)C1. The van der Waals surface area contributed by atoms with E-state index in [1.54, 1.807) is 11.0 Å². The molecule has 0 bridgehead atoms. The maximum atomic E-state index is 16.4. The van der Waals surface area contributed by atoms with Crippen molar-refractivity contribution in [3.63, 3.8) is 0 Å². The molecule has 1 aromatic carbocycles. The van der Waals surface area contributed by atoms with E-state index in [2.05, 4.69) is 33.5 Å². The Labute approximate surface area is 369 Å². The van der Waals surface area contributed by atoms with Crippen molar-refractivity contribution in [3.05, 3.63) is 70.5 Å². The average Bonchev–Trinajstić information content (AvgIpc) is 3.88. The minimum atomic E-state index is -4.55. The van der Waals surface area contributed by atoms with Crippen LogP contribution in [0.1, 0.15) is 77.5 Å². The number of rotatable bonds is 15. The number of piperazine rings is 1. The molecule has 3 atom stereocenters. The summed E-state index contributed by atoms with van der Waals surface area (Å²) in [5.74, 6) is -0.138. The number of aromatic nitrogens is 3. The van der Waals surface area contributed by atoms with Crippen molar-refractivity contribution >= 4 is 46.4 Å². The Morgan fingerprint density at radius 1 is 1.08 bits per heavy atom. The third kappa shape index (κ3) is 11.9. The van der Waals surface area contributed by atoms with E-state index in [9.17, 15) is 22.8 Å². The van der Waals surface area contributed by atoms with Gasteiger partial charge in [-0.25, -0.2) is 9.38 Å². The summed E-state index contributed by atoms with van der Waals surface area (Å²) in [5, 5.41) is 4.37. The fourth-order valence-corrected chi connectivity index (χ4v) is 8.64. The highest BCUT2D eigenvalue weighted by Crippen LogP contribution is 2.36. The number of carbonyl (C=O) groups is 2. The van der Waals surface area contributed by atoms with Gasteiger partial charge in [-0.2, -0.15) is 23.1 Å².